The van der Waals surface area contributed by atoms with Crippen molar-refractivity contribution in [2.45, 2.75) is 170 Å². The third kappa shape index (κ3) is 20.5. The van der Waals surface area contributed by atoms with Crippen LogP contribution in [-0.4, -0.2) is 38.4 Å². The average Bonchev–Trinajstić information content (AvgIpc) is 2.89. The molecule has 1 aliphatic carbocycles. The molecular weight excluding hydrogens is 503 g/mol. The zero-order chi connectivity index (χ0) is 30.3. The van der Waals surface area contributed by atoms with Gasteiger partial charge < -0.3 is 15.4 Å². The number of alkyl carbamates (subject to hydrolysis) is 1. The second-order valence-corrected chi connectivity index (χ2v) is 13.6. The van der Waals surface area contributed by atoms with Crippen molar-refractivity contribution in [1.82, 2.24) is 10.6 Å². The quantitative estimate of drug-likeness (QED) is 0.135. The van der Waals surface area contributed by atoms with E-state index in [9.17, 15) is 14.0 Å². The summed E-state index contributed by atoms with van der Waals surface area (Å²) in [6.07, 6.45) is 23.4. The topological polar surface area (TPSA) is 67.4 Å². The molecule has 238 valence electrons. The Kier molecular flexibility index (Phi) is 22.5. The molecule has 3 unspecified atom stereocenters. The van der Waals surface area contributed by atoms with Crippen LogP contribution in [0.5, 0.6) is 0 Å². The van der Waals surface area contributed by atoms with E-state index in [-0.39, 0.29) is 28.9 Å². The van der Waals surface area contributed by atoms with Crippen LogP contribution in [0.3, 0.4) is 0 Å². The second-order valence-electron chi connectivity index (χ2n) is 13.6. The zero-order valence-corrected chi connectivity index (χ0v) is 27.6. The highest BCUT2D eigenvalue weighted by molar-refractivity contribution is 5.72. The van der Waals surface area contributed by atoms with Crippen molar-refractivity contribution >= 4 is 12.0 Å². The standard InChI is InChI=1S/C33H64N2O3.CH3F/c1-7-9-11-13-15-16-18-20-22-29(21-19-17-14-12-10-8-2)25-38-31(37)35-30-23-32(4,5)26-33(6,24-30)27-34-28(3)36;1-2/h29-30H,7-27H2,1-6H3,(H,34,36)(H,35,37);1H3. The highest BCUT2D eigenvalue weighted by Crippen LogP contribution is 2.45. The Hall–Kier alpha value is -1.33. The minimum Gasteiger partial charge on any atom is -0.449 e. The Morgan fingerprint density at radius 1 is 0.800 bits per heavy atom. The van der Waals surface area contributed by atoms with E-state index in [0.717, 1.165) is 19.3 Å². The first-order valence-corrected chi connectivity index (χ1v) is 16.6. The largest absolute Gasteiger partial charge is 0.449 e. The molecule has 2 amide bonds. The number of hydrogen-bond acceptors (Lipinski definition) is 3. The minimum absolute atomic E-state index is 0.00595. The molecule has 6 heteroatoms. The third-order valence-corrected chi connectivity index (χ3v) is 8.41. The SMILES string of the molecule is CCCCCCCCCCC(CCCCCCCC)COC(=O)NC1CC(C)(C)CC(C)(CNC(C)=O)C1.CF. The number of alkyl halides is 1. The fourth-order valence-electron chi connectivity index (χ4n) is 6.70. The van der Waals surface area contributed by atoms with E-state index in [0.29, 0.717) is 26.2 Å². The number of halogens is 1. The van der Waals surface area contributed by atoms with Gasteiger partial charge in [-0.3, -0.25) is 9.18 Å². The van der Waals surface area contributed by atoms with E-state index in [4.69, 9.17) is 4.74 Å². The summed E-state index contributed by atoms with van der Waals surface area (Å²) < 4.78 is 15.3. The van der Waals surface area contributed by atoms with Crippen molar-refractivity contribution in [3.05, 3.63) is 0 Å². The van der Waals surface area contributed by atoms with Gasteiger partial charge in [0, 0.05) is 19.5 Å². The summed E-state index contributed by atoms with van der Waals surface area (Å²) in [5.41, 5.74) is 0.0858. The van der Waals surface area contributed by atoms with Crippen LogP contribution >= 0.6 is 0 Å². The molecule has 5 nitrogen and oxygen atoms in total. The maximum Gasteiger partial charge on any atom is 0.407 e. The zero-order valence-electron chi connectivity index (χ0n) is 27.6. The Bertz CT molecular complexity index is 643. The van der Waals surface area contributed by atoms with Crippen LogP contribution in [0.2, 0.25) is 0 Å². The van der Waals surface area contributed by atoms with E-state index in [1.54, 1.807) is 6.92 Å². The molecule has 2 N–H and O–H groups in total. The summed E-state index contributed by atoms with van der Waals surface area (Å²) >= 11 is 0. The van der Waals surface area contributed by atoms with Gasteiger partial charge in [0.1, 0.15) is 0 Å². The van der Waals surface area contributed by atoms with Gasteiger partial charge in [-0.15, -0.1) is 0 Å². The fraction of sp³-hybridized carbons (Fsp3) is 0.941. The molecule has 0 bridgehead atoms. The van der Waals surface area contributed by atoms with Crippen molar-refractivity contribution in [2.75, 3.05) is 20.3 Å². The lowest BCUT2D eigenvalue weighted by Crippen LogP contribution is -2.50. The lowest BCUT2D eigenvalue weighted by Gasteiger charge is -2.46. The van der Waals surface area contributed by atoms with Crippen LogP contribution in [0.4, 0.5) is 9.18 Å². The number of carbonyl (C=O) groups is 2. The first kappa shape index (κ1) is 38.7. The van der Waals surface area contributed by atoms with E-state index >= 15 is 0 Å². The van der Waals surface area contributed by atoms with Crippen molar-refractivity contribution in [1.29, 1.82) is 0 Å². The number of nitrogens with one attached hydrogen (secondary N) is 2. The molecule has 40 heavy (non-hydrogen) atoms. The molecule has 0 saturated heterocycles. The number of hydrogen-bond donors (Lipinski definition) is 2. The van der Waals surface area contributed by atoms with Crippen LogP contribution in [0.15, 0.2) is 0 Å². The van der Waals surface area contributed by atoms with Gasteiger partial charge in [0.2, 0.25) is 5.91 Å². The summed E-state index contributed by atoms with van der Waals surface area (Å²) in [6, 6.07) is 0.0785. The predicted octanol–water partition coefficient (Wildman–Crippen LogP) is 9.92. The Morgan fingerprint density at radius 3 is 1.75 bits per heavy atom. The molecule has 0 heterocycles. The molecule has 3 atom stereocenters. The lowest BCUT2D eigenvalue weighted by atomic mass is 9.62. The van der Waals surface area contributed by atoms with Crippen LogP contribution in [0, 0.1) is 16.7 Å². The van der Waals surface area contributed by atoms with Gasteiger partial charge in [0.25, 0.3) is 0 Å². The number of rotatable bonds is 21. The van der Waals surface area contributed by atoms with Gasteiger partial charge >= 0.3 is 6.09 Å². The third-order valence-electron chi connectivity index (χ3n) is 8.41. The summed E-state index contributed by atoms with van der Waals surface area (Å²) in [5, 5.41) is 6.19. The lowest BCUT2D eigenvalue weighted by molar-refractivity contribution is -0.119. The molecule has 0 aromatic carbocycles. The first-order valence-electron chi connectivity index (χ1n) is 16.6. The van der Waals surface area contributed by atoms with Crippen LogP contribution in [0.25, 0.3) is 0 Å². The van der Waals surface area contributed by atoms with Gasteiger partial charge in [-0.1, -0.05) is 125 Å². The van der Waals surface area contributed by atoms with E-state index in [2.05, 4.69) is 45.3 Å². The maximum atomic E-state index is 12.9. The Morgan fingerprint density at radius 2 is 1.27 bits per heavy atom. The number of amides is 2. The van der Waals surface area contributed by atoms with E-state index < -0.39 is 0 Å². The van der Waals surface area contributed by atoms with Gasteiger partial charge in [0.05, 0.1) is 13.8 Å². The van der Waals surface area contributed by atoms with Crippen LogP contribution in [-0.2, 0) is 9.53 Å². The highest BCUT2D eigenvalue weighted by Gasteiger charge is 2.42. The summed E-state index contributed by atoms with van der Waals surface area (Å²) in [6.45, 7) is 14.0. The predicted molar refractivity (Wildman–Crippen MR) is 168 cm³/mol. The molecule has 1 rings (SSSR count). The van der Waals surface area contributed by atoms with Crippen molar-refractivity contribution in [3.63, 3.8) is 0 Å². The molecule has 0 aliphatic heterocycles. The summed E-state index contributed by atoms with van der Waals surface area (Å²) in [4.78, 5) is 24.4. The van der Waals surface area contributed by atoms with E-state index in [1.165, 1.54) is 103 Å². The molecule has 1 aliphatic rings. The first-order chi connectivity index (χ1) is 19.1. The molecule has 0 aromatic rings. The Balaban J connectivity index is 0.00000742. The summed E-state index contributed by atoms with van der Waals surface area (Å²) in [7, 11) is 0.500. The molecule has 0 radical (unpaired) electrons. The fourth-order valence-corrected chi connectivity index (χ4v) is 6.70. The minimum atomic E-state index is -0.265. The smallest absolute Gasteiger partial charge is 0.407 e. The van der Waals surface area contributed by atoms with Crippen LogP contribution < -0.4 is 10.6 Å². The van der Waals surface area contributed by atoms with Gasteiger partial charge in [-0.25, -0.2) is 4.79 Å². The molecule has 1 saturated carbocycles. The van der Waals surface area contributed by atoms with Gasteiger partial charge in [-0.05, 0) is 48.9 Å². The van der Waals surface area contributed by atoms with Crippen LogP contribution in [0.1, 0.15) is 164 Å². The maximum absolute atomic E-state index is 12.9. The number of ether oxygens (including phenoxy) is 1. The van der Waals surface area contributed by atoms with Crippen molar-refractivity contribution < 1.29 is 18.7 Å². The Labute approximate surface area is 247 Å². The summed E-state index contributed by atoms with van der Waals surface area (Å²) in [5.74, 6) is 0.478. The number of unbranched alkanes of at least 4 members (excludes halogenated alkanes) is 12. The van der Waals surface area contributed by atoms with Crippen molar-refractivity contribution in [3.8, 4) is 0 Å². The number of carbonyl (C=O) groups excluding carboxylic acids is 2. The molecule has 0 spiro atoms. The normalized spacial score (nSPS) is 20.6. The van der Waals surface area contributed by atoms with E-state index in [1.807, 2.05) is 0 Å². The average molecular weight is 571 g/mol. The monoisotopic (exact) mass is 571 g/mol. The molecule has 0 aromatic heterocycles. The van der Waals surface area contributed by atoms with Crippen molar-refractivity contribution in [2.24, 2.45) is 16.7 Å². The second kappa shape index (κ2) is 23.3. The molecule has 1 fully saturated rings. The molecular formula is C34H67FN2O3. The van der Waals surface area contributed by atoms with Gasteiger partial charge in [0.15, 0.2) is 0 Å². The van der Waals surface area contributed by atoms with Gasteiger partial charge in [-0.2, -0.15) is 0 Å². The highest BCUT2D eigenvalue weighted by atomic mass is 19.1.